The molecular formula is C21H22N2O3. The summed E-state index contributed by atoms with van der Waals surface area (Å²) in [4.78, 5) is 26.5. The van der Waals surface area contributed by atoms with Crippen LogP contribution >= 0.6 is 0 Å². The predicted molar refractivity (Wildman–Crippen MR) is 99.3 cm³/mol. The number of anilines is 1. The number of carbonyl (C=O) groups excluding carboxylic acids is 2. The summed E-state index contributed by atoms with van der Waals surface area (Å²) in [6.45, 7) is 1.93. The Balaban J connectivity index is 1.51. The minimum Gasteiger partial charge on any atom is -0.482 e. The van der Waals surface area contributed by atoms with Gasteiger partial charge in [0.2, 0.25) is 5.91 Å². The molecule has 0 saturated carbocycles. The van der Waals surface area contributed by atoms with Gasteiger partial charge in [0.15, 0.2) is 6.61 Å². The highest BCUT2D eigenvalue weighted by molar-refractivity contribution is 6.02. The number of nitrogens with one attached hydrogen (secondary N) is 1. The number of hydrogen-bond donors (Lipinski definition) is 1. The Morgan fingerprint density at radius 2 is 2.12 bits per heavy atom. The Morgan fingerprint density at radius 1 is 1.27 bits per heavy atom. The van der Waals surface area contributed by atoms with Gasteiger partial charge in [0.25, 0.3) is 5.91 Å². The van der Waals surface area contributed by atoms with E-state index in [0.717, 1.165) is 24.8 Å². The summed E-state index contributed by atoms with van der Waals surface area (Å²) in [7, 11) is 0. The van der Waals surface area contributed by atoms with Crippen LogP contribution in [0.1, 0.15) is 35.6 Å². The molecule has 1 N–H and O–H groups in total. The zero-order valence-electron chi connectivity index (χ0n) is 14.8. The Kier molecular flexibility index (Phi) is 4.37. The van der Waals surface area contributed by atoms with Crippen molar-refractivity contribution in [3.63, 3.8) is 0 Å². The second kappa shape index (κ2) is 6.83. The highest BCUT2D eigenvalue weighted by Gasteiger charge is 2.29. The lowest BCUT2D eigenvalue weighted by Crippen LogP contribution is -2.46. The average molecular weight is 350 g/mol. The molecule has 2 aromatic rings. The van der Waals surface area contributed by atoms with Gasteiger partial charge in [-0.25, -0.2) is 0 Å². The SMILES string of the molecule is Cc1ccc2c(c1)N(CC(=O)N[C@H]1CCCc3ccccc31)C(=O)CO2. The molecule has 1 atom stereocenters. The van der Waals surface area contributed by atoms with Crippen molar-refractivity contribution in [1.29, 1.82) is 0 Å². The smallest absolute Gasteiger partial charge is 0.265 e. The summed E-state index contributed by atoms with van der Waals surface area (Å²) >= 11 is 0. The first kappa shape index (κ1) is 16.6. The van der Waals surface area contributed by atoms with Gasteiger partial charge in [0.1, 0.15) is 12.3 Å². The van der Waals surface area contributed by atoms with Gasteiger partial charge in [-0.1, -0.05) is 30.3 Å². The Morgan fingerprint density at radius 3 is 3.00 bits per heavy atom. The van der Waals surface area contributed by atoms with Gasteiger partial charge in [0, 0.05) is 0 Å². The largest absolute Gasteiger partial charge is 0.482 e. The van der Waals surface area contributed by atoms with Crippen LogP contribution in [0, 0.1) is 6.92 Å². The molecule has 0 unspecified atom stereocenters. The van der Waals surface area contributed by atoms with Crippen molar-refractivity contribution in [3.8, 4) is 5.75 Å². The van der Waals surface area contributed by atoms with Crippen LogP contribution in [0.3, 0.4) is 0 Å². The van der Waals surface area contributed by atoms with Gasteiger partial charge in [-0.15, -0.1) is 0 Å². The summed E-state index contributed by atoms with van der Waals surface area (Å²) in [5.74, 6) is 0.308. The van der Waals surface area contributed by atoms with E-state index in [2.05, 4.69) is 17.4 Å². The molecular weight excluding hydrogens is 328 g/mol. The standard InChI is InChI=1S/C21H22N2O3/c1-14-9-10-19-18(11-14)23(21(25)13-26-19)12-20(24)22-17-8-4-6-15-5-2-3-7-16(15)17/h2-3,5,7,9-11,17H,4,6,8,12-13H2,1H3,(H,22,24)/t17-/m0/s1. The number of ether oxygens (including phenoxy) is 1. The lowest BCUT2D eigenvalue weighted by Gasteiger charge is -2.31. The van der Waals surface area contributed by atoms with Gasteiger partial charge in [-0.2, -0.15) is 0 Å². The molecule has 1 heterocycles. The molecule has 2 aliphatic rings. The third-order valence-corrected chi connectivity index (χ3v) is 5.06. The molecule has 26 heavy (non-hydrogen) atoms. The second-order valence-electron chi connectivity index (χ2n) is 6.95. The van der Waals surface area contributed by atoms with Crippen LogP contribution in [0.4, 0.5) is 5.69 Å². The molecule has 0 bridgehead atoms. The molecule has 134 valence electrons. The maximum atomic E-state index is 12.7. The van der Waals surface area contributed by atoms with E-state index in [1.807, 2.05) is 37.3 Å². The van der Waals surface area contributed by atoms with E-state index in [1.165, 1.54) is 16.0 Å². The van der Waals surface area contributed by atoms with Crippen molar-refractivity contribution < 1.29 is 14.3 Å². The highest BCUT2D eigenvalue weighted by Crippen LogP contribution is 2.33. The van der Waals surface area contributed by atoms with E-state index in [9.17, 15) is 9.59 Å². The molecule has 0 spiro atoms. The molecule has 0 radical (unpaired) electrons. The fraction of sp³-hybridized carbons (Fsp3) is 0.333. The number of fused-ring (bicyclic) bond motifs is 2. The summed E-state index contributed by atoms with van der Waals surface area (Å²) in [6.07, 6.45) is 3.03. The Hall–Kier alpha value is -2.82. The molecule has 5 heteroatoms. The molecule has 0 aromatic heterocycles. The summed E-state index contributed by atoms with van der Waals surface area (Å²) in [5.41, 5.74) is 4.18. The van der Waals surface area contributed by atoms with E-state index in [-0.39, 0.29) is 31.0 Å². The molecule has 5 nitrogen and oxygen atoms in total. The first-order valence-corrected chi connectivity index (χ1v) is 9.03. The van der Waals surface area contributed by atoms with Crippen molar-refractivity contribution in [2.45, 2.75) is 32.2 Å². The third-order valence-electron chi connectivity index (χ3n) is 5.06. The van der Waals surface area contributed by atoms with Crippen molar-refractivity contribution >= 4 is 17.5 Å². The van der Waals surface area contributed by atoms with Crippen LogP contribution in [0.2, 0.25) is 0 Å². The minimum atomic E-state index is -0.192. The van der Waals surface area contributed by atoms with E-state index >= 15 is 0 Å². The molecule has 0 saturated heterocycles. The quantitative estimate of drug-likeness (QED) is 0.926. The highest BCUT2D eigenvalue weighted by atomic mass is 16.5. The summed E-state index contributed by atoms with van der Waals surface area (Å²) in [5, 5.41) is 3.11. The van der Waals surface area contributed by atoms with Crippen LogP contribution < -0.4 is 15.0 Å². The maximum absolute atomic E-state index is 12.7. The van der Waals surface area contributed by atoms with Crippen molar-refractivity contribution in [2.24, 2.45) is 0 Å². The molecule has 4 rings (SSSR count). The first-order valence-electron chi connectivity index (χ1n) is 9.03. The number of amides is 2. The third kappa shape index (κ3) is 3.17. The predicted octanol–water partition coefficient (Wildman–Crippen LogP) is 2.91. The first-order chi connectivity index (χ1) is 12.6. The molecule has 2 aromatic carbocycles. The van der Waals surface area contributed by atoms with Gasteiger partial charge < -0.3 is 10.1 Å². The normalized spacial score (nSPS) is 18.6. The van der Waals surface area contributed by atoms with Crippen LogP contribution in [-0.2, 0) is 16.0 Å². The van der Waals surface area contributed by atoms with Gasteiger partial charge in [-0.05, 0) is 55.0 Å². The fourth-order valence-electron chi connectivity index (χ4n) is 3.77. The molecule has 2 amide bonds. The minimum absolute atomic E-state index is 0.0112. The molecule has 1 aliphatic carbocycles. The van der Waals surface area contributed by atoms with E-state index in [4.69, 9.17) is 4.74 Å². The lowest BCUT2D eigenvalue weighted by atomic mass is 9.88. The van der Waals surface area contributed by atoms with Gasteiger partial charge in [0.05, 0.1) is 11.7 Å². The molecule has 0 fully saturated rings. The number of benzene rings is 2. The second-order valence-corrected chi connectivity index (χ2v) is 6.95. The molecule has 1 aliphatic heterocycles. The number of carbonyl (C=O) groups is 2. The van der Waals surface area contributed by atoms with Gasteiger partial charge >= 0.3 is 0 Å². The van der Waals surface area contributed by atoms with Crippen LogP contribution in [0.5, 0.6) is 5.75 Å². The average Bonchev–Trinajstić information content (AvgIpc) is 2.64. The summed E-state index contributed by atoms with van der Waals surface area (Å²) in [6, 6.07) is 13.9. The van der Waals surface area contributed by atoms with Crippen LogP contribution in [0.25, 0.3) is 0 Å². The number of hydrogen-bond acceptors (Lipinski definition) is 3. The van der Waals surface area contributed by atoms with E-state index in [0.29, 0.717) is 11.4 Å². The topological polar surface area (TPSA) is 58.6 Å². The van der Waals surface area contributed by atoms with Crippen molar-refractivity contribution in [1.82, 2.24) is 5.32 Å². The maximum Gasteiger partial charge on any atom is 0.265 e. The van der Waals surface area contributed by atoms with Crippen molar-refractivity contribution in [3.05, 3.63) is 59.2 Å². The Labute approximate surface area is 153 Å². The Bertz CT molecular complexity index is 862. The van der Waals surface area contributed by atoms with Crippen LogP contribution in [-0.4, -0.2) is 25.0 Å². The zero-order chi connectivity index (χ0) is 18.1. The van der Waals surface area contributed by atoms with E-state index < -0.39 is 0 Å². The number of rotatable bonds is 3. The summed E-state index contributed by atoms with van der Waals surface area (Å²) < 4.78 is 5.48. The van der Waals surface area contributed by atoms with Gasteiger partial charge in [-0.3, -0.25) is 14.5 Å². The number of nitrogens with zero attached hydrogens (tertiary/aromatic N) is 1. The fourth-order valence-corrected chi connectivity index (χ4v) is 3.77. The monoisotopic (exact) mass is 350 g/mol. The van der Waals surface area contributed by atoms with Crippen LogP contribution in [0.15, 0.2) is 42.5 Å². The van der Waals surface area contributed by atoms with E-state index in [1.54, 1.807) is 0 Å². The zero-order valence-corrected chi connectivity index (χ0v) is 14.8. The lowest BCUT2D eigenvalue weighted by molar-refractivity contribution is -0.125. The number of aryl methyl sites for hydroxylation is 2. The van der Waals surface area contributed by atoms with Crippen molar-refractivity contribution in [2.75, 3.05) is 18.1 Å².